The van der Waals surface area contributed by atoms with Crippen molar-refractivity contribution in [2.45, 2.75) is 6.92 Å². The molecule has 0 radical (unpaired) electrons. The predicted octanol–water partition coefficient (Wildman–Crippen LogP) is 5.29. The molecule has 0 heterocycles. The van der Waals surface area contributed by atoms with Crippen LogP contribution in [0.2, 0.25) is 0 Å². The Kier molecular flexibility index (Phi) is 6.12. The molecular weight excluding hydrogens is 346 g/mol. The molecule has 0 saturated carbocycles. The molecule has 0 fully saturated rings. The summed E-state index contributed by atoms with van der Waals surface area (Å²) in [4.78, 5) is 23.2. The fourth-order valence-electron chi connectivity index (χ4n) is 2.64. The Bertz CT molecular complexity index is 989. The molecule has 0 bridgehead atoms. The van der Waals surface area contributed by atoms with E-state index in [1.165, 1.54) is 10.5 Å². The number of carbonyl (C=O) groups is 1. The van der Waals surface area contributed by atoms with Crippen LogP contribution >= 0.6 is 0 Å². The number of hydrogen-bond acceptors (Lipinski definition) is 2. The smallest absolute Gasteiger partial charge is 0.329 e. The average Bonchev–Trinajstić information content (AvgIpc) is 2.73. The standard InChI is InChI=1S/C24H23N3O/c1-18-14-16-21(17-15-18)25-22(19-10-6-4-7-11-19)23(26-24(28)27(2)3)20-12-8-5-9-13-20/h4-17H,1-3H3/b25-22?,26-23-. The Balaban J connectivity index is 2.22. The van der Waals surface area contributed by atoms with E-state index in [0.29, 0.717) is 11.4 Å². The predicted molar refractivity (Wildman–Crippen MR) is 116 cm³/mol. The summed E-state index contributed by atoms with van der Waals surface area (Å²) in [5.74, 6) is 0. The quantitative estimate of drug-likeness (QED) is 0.577. The molecule has 2 amide bonds. The lowest BCUT2D eigenvalue weighted by Gasteiger charge is -2.13. The van der Waals surface area contributed by atoms with Gasteiger partial charge in [-0.1, -0.05) is 78.4 Å². The van der Waals surface area contributed by atoms with Crippen molar-refractivity contribution in [3.8, 4) is 0 Å². The van der Waals surface area contributed by atoms with E-state index >= 15 is 0 Å². The Morgan fingerprint density at radius 1 is 0.714 bits per heavy atom. The molecule has 0 saturated heterocycles. The van der Waals surface area contributed by atoms with E-state index in [2.05, 4.69) is 4.99 Å². The molecule has 4 nitrogen and oxygen atoms in total. The van der Waals surface area contributed by atoms with Crippen molar-refractivity contribution in [1.29, 1.82) is 0 Å². The van der Waals surface area contributed by atoms with Crippen molar-refractivity contribution in [3.05, 3.63) is 102 Å². The van der Waals surface area contributed by atoms with Gasteiger partial charge in [0.1, 0.15) is 5.71 Å². The molecule has 28 heavy (non-hydrogen) atoms. The van der Waals surface area contributed by atoms with Gasteiger partial charge < -0.3 is 4.90 Å². The third-order valence-corrected chi connectivity index (χ3v) is 4.18. The lowest BCUT2D eigenvalue weighted by molar-refractivity contribution is 0.227. The second-order valence-corrected chi connectivity index (χ2v) is 6.67. The number of benzene rings is 3. The number of carbonyl (C=O) groups excluding carboxylic acids is 1. The topological polar surface area (TPSA) is 45.0 Å². The van der Waals surface area contributed by atoms with E-state index in [0.717, 1.165) is 16.8 Å². The zero-order chi connectivity index (χ0) is 19.9. The van der Waals surface area contributed by atoms with E-state index in [-0.39, 0.29) is 6.03 Å². The Morgan fingerprint density at radius 3 is 1.71 bits per heavy atom. The first-order chi connectivity index (χ1) is 13.5. The highest BCUT2D eigenvalue weighted by Crippen LogP contribution is 2.18. The average molecular weight is 369 g/mol. The molecular formula is C24H23N3O. The van der Waals surface area contributed by atoms with E-state index < -0.39 is 0 Å². The third-order valence-electron chi connectivity index (χ3n) is 4.18. The van der Waals surface area contributed by atoms with Crippen LogP contribution in [0.25, 0.3) is 0 Å². The fourth-order valence-corrected chi connectivity index (χ4v) is 2.64. The second kappa shape index (κ2) is 8.91. The van der Waals surface area contributed by atoms with Gasteiger partial charge in [-0.05, 0) is 19.1 Å². The maximum Gasteiger partial charge on any atom is 0.343 e. The maximum atomic E-state index is 12.4. The summed E-state index contributed by atoms with van der Waals surface area (Å²) in [7, 11) is 3.38. The van der Waals surface area contributed by atoms with Crippen LogP contribution in [0.1, 0.15) is 16.7 Å². The van der Waals surface area contributed by atoms with Crippen LogP contribution in [0.5, 0.6) is 0 Å². The van der Waals surface area contributed by atoms with Gasteiger partial charge in [0.15, 0.2) is 0 Å². The van der Waals surface area contributed by atoms with Gasteiger partial charge in [-0.25, -0.2) is 9.79 Å². The molecule has 140 valence electrons. The first kappa shape index (κ1) is 19.2. The molecule has 0 N–H and O–H groups in total. The third kappa shape index (κ3) is 4.80. The minimum Gasteiger partial charge on any atom is -0.329 e. The summed E-state index contributed by atoms with van der Waals surface area (Å²) in [5, 5.41) is 0. The largest absolute Gasteiger partial charge is 0.343 e. The molecule has 0 aromatic heterocycles. The highest BCUT2D eigenvalue weighted by Gasteiger charge is 2.17. The zero-order valence-electron chi connectivity index (χ0n) is 16.3. The lowest BCUT2D eigenvalue weighted by atomic mass is 9.99. The number of hydrogen-bond donors (Lipinski definition) is 0. The van der Waals surface area contributed by atoms with Gasteiger partial charge in [0.05, 0.1) is 11.4 Å². The van der Waals surface area contributed by atoms with E-state index in [1.807, 2.05) is 91.9 Å². The Labute approximate surface area is 165 Å². The summed E-state index contributed by atoms with van der Waals surface area (Å²) in [6.45, 7) is 2.04. The van der Waals surface area contributed by atoms with Crippen LogP contribution in [0.15, 0.2) is 94.9 Å². The monoisotopic (exact) mass is 369 g/mol. The molecule has 0 aliphatic heterocycles. The van der Waals surface area contributed by atoms with Crippen molar-refractivity contribution in [2.75, 3.05) is 14.1 Å². The highest BCUT2D eigenvalue weighted by molar-refractivity contribution is 6.54. The van der Waals surface area contributed by atoms with E-state index in [4.69, 9.17) is 4.99 Å². The molecule has 0 aliphatic carbocycles. The number of rotatable bonds is 4. The second-order valence-electron chi connectivity index (χ2n) is 6.67. The van der Waals surface area contributed by atoms with Crippen LogP contribution < -0.4 is 0 Å². The van der Waals surface area contributed by atoms with Crippen LogP contribution in [0.4, 0.5) is 10.5 Å². The zero-order valence-corrected chi connectivity index (χ0v) is 16.3. The molecule has 3 rings (SSSR count). The van der Waals surface area contributed by atoms with Gasteiger partial charge in [-0.15, -0.1) is 0 Å². The van der Waals surface area contributed by atoms with Gasteiger partial charge in [0.2, 0.25) is 0 Å². The van der Waals surface area contributed by atoms with Crippen molar-refractivity contribution in [3.63, 3.8) is 0 Å². The van der Waals surface area contributed by atoms with Gasteiger partial charge in [-0.2, -0.15) is 4.99 Å². The molecule has 0 spiro atoms. The molecule has 3 aromatic carbocycles. The SMILES string of the molecule is Cc1ccc(N=C(/C(=N\C(=O)N(C)C)c2ccccc2)c2ccccc2)cc1. The number of aryl methyl sites for hydroxylation is 1. The molecule has 0 aliphatic rings. The van der Waals surface area contributed by atoms with Gasteiger partial charge in [-0.3, -0.25) is 0 Å². The first-order valence-electron chi connectivity index (χ1n) is 9.11. The van der Waals surface area contributed by atoms with Crippen molar-refractivity contribution < 1.29 is 4.79 Å². The first-order valence-corrected chi connectivity index (χ1v) is 9.11. The minimum absolute atomic E-state index is 0.327. The fraction of sp³-hybridized carbons (Fsp3) is 0.125. The van der Waals surface area contributed by atoms with Crippen LogP contribution in [0.3, 0.4) is 0 Å². The van der Waals surface area contributed by atoms with Crippen molar-refractivity contribution in [1.82, 2.24) is 4.90 Å². The summed E-state index contributed by atoms with van der Waals surface area (Å²) in [6.07, 6.45) is 0. The summed E-state index contributed by atoms with van der Waals surface area (Å²) in [5.41, 5.74) is 4.92. The maximum absolute atomic E-state index is 12.4. The van der Waals surface area contributed by atoms with E-state index in [1.54, 1.807) is 14.1 Å². The molecule has 4 heteroatoms. The minimum atomic E-state index is -0.327. The number of urea groups is 1. The van der Waals surface area contributed by atoms with Crippen LogP contribution in [-0.2, 0) is 0 Å². The molecule has 0 atom stereocenters. The highest BCUT2D eigenvalue weighted by atomic mass is 16.2. The van der Waals surface area contributed by atoms with E-state index in [9.17, 15) is 4.79 Å². The lowest BCUT2D eigenvalue weighted by Crippen LogP contribution is -2.24. The van der Waals surface area contributed by atoms with Gasteiger partial charge >= 0.3 is 6.03 Å². The summed E-state index contributed by atoms with van der Waals surface area (Å²) >= 11 is 0. The van der Waals surface area contributed by atoms with Crippen molar-refractivity contribution in [2.24, 2.45) is 9.98 Å². The van der Waals surface area contributed by atoms with Gasteiger partial charge in [0, 0.05) is 25.2 Å². The van der Waals surface area contributed by atoms with Gasteiger partial charge in [0.25, 0.3) is 0 Å². The van der Waals surface area contributed by atoms with Crippen LogP contribution in [-0.4, -0.2) is 36.4 Å². The summed E-state index contributed by atoms with van der Waals surface area (Å²) < 4.78 is 0. The number of nitrogens with zero attached hydrogens (tertiary/aromatic N) is 3. The number of amides is 2. The number of aliphatic imine (C=N–C) groups is 2. The van der Waals surface area contributed by atoms with Crippen molar-refractivity contribution >= 4 is 23.1 Å². The molecule has 3 aromatic rings. The molecule has 0 unspecified atom stereocenters. The normalized spacial score (nSPS) is 12.0. The summed E-state index contributed by atoms with van der Waals surface area (Å²) in [6, 6.07) is 27.1. The van der Waals surface area contributed by atoms with Crippen LogP contribution in [0, 0.1) is 6.92 Å². The Morgan fingerprint density at radius 2 is 1.21 bits per heavy atom. The Hall–Kier alpha value is -3.53.